The van der Waals surface area contributed by atoms with Crippen molar-refractivity contribution in [1.82, 2.24) is 10.6 Å². The van der Waals surface area contributed by atoms with Gasteiger partial charge in [-0.15, -0.1) is 0 Å². The molecule has 7 heteroatoms. The van der Waals surface area contributed by atoms with Crippen molar-refractivity contribution in [2.75, 3.05) is 13.1 Å². The van der Waals surface area contributed by atoms with Gasteiger partial charge < -0.3 is 15.4 Å². The molecular formula is C21H22N2O3S2. The number of nitrogens with one attached hydrogen (secondary N) is 2. The van der Waals surface area contributed by atoms with E-state index in [1.54, 1.807) is 0 Å². The molecule has 2 aliphatic heterocycles. The quantitative estimate of drug-likeness (QED) is 0.532. The summed E-state index contributed by atoms with van der Waals surface area (Å²) in [7, 11) is 0. The number of fused-ring (bicyclic) bond motifs is 1. The second-order valence-corrected chi connectivity index (χ2v) is 8.95. The molecule has 146 valence electrons. The molecule has 5 nitrogen and oxygen atoms in total. The van der Waals surface area contributed by atoms with Crippen LogP contribution in [0.25, 0.3) is 0 Å². The highest BCUT2D eigenvalue weighted by molar-refractivity contribution is 7.80. The summed E-state index contributed by atoms with van der Waals surface area (Å²) < 4.78 is 0. The number of benzene rings is 1. The van der Waals surface area contributed by atoms with Crippen LogP contribution in [-0.2, 0) is 27.2 Å². The number of carbonyl (C=O) groups excluding carboxylic acids is 3. The molecule has 1 aliphatic carbocycles. The highest BCUT2D eigenvalue weighted by atomic mass is 32.1. The van der Waals surface area contributed by atoms with E-state index in [9.17, 15) is 14.4 Å². The van der Waals surface area contributed by atoms with Gasteiger partial charge in [-0.05, 0) is 29.9 Å². The first kappa shape index (κ1) is 19.6. The van der Waals surface area contributed by atoms with Crippen LogP contribution in [0.1, 0.15) is 17.5 Å². The molecule has 2 saturated heterocycles. The maximum atomic E-state index is 13.1. The number of Topliss-reactive ketones (excluding diaryl/α,β-unsaturated/α-hetero) is 2. The summed E-state index contributed by atoms with van der Waals surface area (Å²) in [5.74, 6) is -1.20. The molecule has 2 fully saturated rings. The minimum Gasteiger partial charge on any atom is -0.302 e. The van der Waals surface area contributed by atoms with Gasteiger partial charge in [-0.3, -0.25) is 9.59 Å². The van der Waals surface area contributed by atoms with E-state index >= 15 is 0 Å². The average molecular weight is 415 g/mol. The largest absolute Gasteiger partial charge is 0.302 e. The van der Waals surface area contributed by atoms with Crippen LogP contribution < -0.4 is 10.6 Å². The van der Waals surface area contributed by atoms with Crippen molar-refractivity contribution in [3.63, 3.8) is 0 Å². The van der Waals surface area contributed by atoms with Crippen molar-refractivity contribution in [2.45, 2.75) is 31.3 Å². The molecule has 0 bridgehead atoms. The smallest absolute Gasteiger partial charge is 0.160 e. The summed E-state index contributed by atoms with van der Waals surface area (Å²) in [4.78, 5) is 38.7. The highest BCUT2D eigenvalue weighted by Crippen LogP contribution is 2.31. The van der Waals surface area contributed by atoms with Crippen molar-refractivity contribution in [3.05, 3.63) is 35.4 Å². The monoisotopic (exact) mass is 414 g/mol. The molecule has 4 rings (SSSR count). The van der Waals surface area contributed by atoms with Crippen LogP contribution in [-0.4, -0.2) is 52.8 Å². The van der Waals surface area contributed by atoms with E-state index in [2.05, 4.69) is 22.8 Å². The lowest BCUT2D eigenvalue weighted by atomic mass is 9.82. The fraction of sp³-hybridized carbons (Fsp3) is 0.476. The average Bonchev–Trinajstić information content (AvgIpc) is 3.36. The molecule has 2 unspecified atom stereocenters. The summed E-state index contributed by atoms with van der Waals surface area (Å²) in [6.07, 6.45) is 2.91. The van der Waals surface area contributed by atoms with E-state index in [-0.39, 0.29) is 17.5 Å². The zero-order valence-electron chi connectivity index (χ0n) is 15.4. The molecule has 0 spiro atoms. The Morgan fingerprint density at radius 2 is 1.61 bits per heavy atom. The molecule has 0 radical (unpaired) electrons. The van der Waals surface area contributed by atoms with Gasteiger partial charge in [0.25, 0.3) is 0 Å². The fourth-order valence-corrected chi connectivity index (χ4v) is 5.46. The van der Waals surface area contributed by atoms with Crippen molar-refractivity contribution in [3.8, 4) is 0 Å². The fourth-order valence-electron chi connectivity index (χ4n) is 4.76. The van der Waals surface area contributed by atoms with Crippen molar-refractivity contribution in [1.29, 1.82) is 0 Å². The van der Waals surface area contributed by atoms with Crippen LogP contribution >= 0.6 is 24.4 Å². The van der Waals surface area contributed by atoms with E-state index in [4.69, 9.17) is 24.4 Å². The number of aldehydes is 1. The predicted molar refractivity (Wildman–Crippen MR) is 114 cm³/mol. The topological polar surface area (TPSA) is 75.3 Å². The maximum absolute atomic E-state index is 13.1. The van der Waals surface area contributed by atoms with Crippen LogP contribution in [0.4, 0.5) is 0 Å². The lowest BCUT2D eigenvalue weighted by molar-refractivity contribution is -0.129. The first-order valence-corrected chi connectivity index (χ1v) is 10.4. The third-order valence-electron chi connectivity index (χ3n) is 6.13. The highest BCUT2D eigenvalue weighted by Gasteiger charge is 2.47. The summed E-state index contributed by atoms with van der Waals surface area (Å²) >= 11 is 10.7. The summed E-state index contributed by atoms with van der Waals surface area (Å²) in [6, 6.07) is 6.97. The minimum atomic E-state index is -0.686. The standard InChI is InChI=1S/C21H22N2O3S2/c24-10-14-18(16(27)8-22-14)21(26)20-19(17(28)9-23-20)15(25)7-11-5-12-3-1-2-4-13(12)6-11/h1-4,10-11,14,18-20,22-23H,5-9H2/t14-,18?,19?,20+/m1/s1. The van der Waals surface area contributed by atoms with Crippen LogP contribution in [0.5, 0.6) is 0 Å². The maximum Gasteiger partial charge on any atom is 0.160 e. The van der Waals surface area contributed by atoms with Gasteiger partial charge in [0, 0.05) is 29.2 Å². The van der Waals surface area contributed by atoms with E-state index in [0.29, 0.717) is 29.2 Å². The van der Waals surface area contributed by atoms with Gasteiger partial charge in [0.2, 0.25) is 0 Å². The van der Waals surface area contributed by atoms with Gasteiger partial charge in [0.1, 0.15) is 12.1 Å². The number of thiocarbonyl (C=S) groups is 2. The minimum absolute atomic E-state index is 0.0192. The molecule has 0 aromatic heterocycles. The molecule has 4 atom stereocenters. The molecule has 2 heterocycles. The predicted octanol–water partition coefficient (Wildman–Crippen LogP) is 1.04. The van der Waals surface area contributed by atoms with Crippen molar-refractivity contribution >= 4 is 52.0 Å². The Balaban J connectivity index is 1.47. The molecular weight excluding hydrogens is 392 g/mol. The van der Waals surface area contributed by atoms with Crippen LogP contribution in [0, 0.1) is 17.8 Å². The summed E-state index contributed by atoms with van der Waals surface area (Å²) in [5.41, 5.74) is 2.60. The number of hydrogen-bond donors (Lipinski definition) is 2. The Morgan fingerprint density at radius 3 is 2.25 bits per heavy atom. The summed E-state index contributed by atoms with van der Waals surface area (Å²) in [5, 5.41) is 6.07. The van der Waals surface area contributed by atoms with Gasteiger partial charge in [0.15, 0.2) is 5.78 Å². The van der Waals surface area contributed by atoms with Crippen LogP contribution in [0.2, 0.25) is 0 Å². The zero-order chi connectivity index (χ0) is 19.8. The number of hydrogen-bond acceptors (Lipinski definition) is 7. The first-order chi connectivity index (χ1) is 13.5. The Labute approximate surface area is 174 Å². The molecule has 0 amide bonds. The van der Waals surface area contributed by atoms with E-state index in [1.165, 1.54) is 11.1 Å². The SMILES string of the molecule is O=C[C@H]1NCC(=S)C1C(=O)[C@H]1NCC(=S)C1C(=O)CC1Cc2ccccc2C1. The Hall–Kier alpha value is -1.67. The molecule has 1 aromatic rings. The molecule has 2 N–H and O–H groups in total. The normalized spacial score (nSPS) is 29.9. The molecule has 0 saturated carbocycles. The zero-order valence-corrected chi connectivity index (χ0v) is 17.0. The number of carbonyl (C=O) groups is 3. The third kappa shape index (κ3) is 3.52. The third-order valence-corrected chi connectivity index (χ3v) is 6.92. The first-order valence-electron chi connectivity index (χ1n) is 9.60. The second-order valence-electron chi connectivity index (χ2n) is 7.91. The van der Waals surface area contributed by atoms with E-state index in [0.717, 1.165) is 19.1 Å². The lowest BCUT2D eigenvalue weighted by Gasteiger charge is -2.23. The van der Waals surface area contributed by atoms with Gasteiger partial charge in [-0.25, -0.2) is 0 Å². The van der Waals surface area contributed by atoms with Gasteiger partial charge in [0.05, 0.1) is 23.9 Å². The Morgan fingerprint density at radius 1 is 1.00 bits per heavy atom. The van der Waals surface area contributed by atoms with Gasteiger partial charge in [-0.2, -0.15) is 0 Å². The van der Waals surface area contributed by atoms with E-state index in [1.807, 2.05) is 12.1 Å². The van der Waals surface area contributed by atoms with Crippen molar-refractivity contribution < 1.29 is 14.4 Å². The summed E-state index contributed by atoms with van der Waals surface area (Å²) in [6.45, 7) is 0.733. The Kier molecular flexibility index (Phi) is 5.60. The molecule has 1 aromatic carbocycles. The molecule has 28 heavy (non-hydrogen) atoms. The number of ketones is 2. The van der Waals surface area contributed by atoms with E-state index < -0.39 is 23.9 Å². The molecule has 3 aliphatic rings. The Bertz CT molecular complexity index is 844. The second kappa shape index (κ2) is 7.99. The van der Waals surface area contributed by atoms with Crippen LogP contribution in [0.3, 0.4) is 0 Å². The number of rotatable bonds is 6. The lowest BCUT2D eigenvalue weighted by Crippen LogP contribution is -2.47. The van der Waals surface area contributed by atoms with Gasteiger partial charge >= 0.3 is 0 Å². The van der Waals surface area contributed by atoms with Crippen LogP contribution in [0.15, 0.2) is 24.3 Å². The van der Waals surface area contributed by atoms with Gasteiger partial charge in [-0.1, -0.05) is 48.7 Å². The van der Waals surface area contributed by atoms with Crippen molar-refractivity contribution in [2.24, 2.45) is 17.8 Å².